The van der Waals surface area contributed by atoms with Gasteiger partial charge in [0.25, 0.3) is 0 Å². The molecule has 5 heteroatoms. The Kier molecular flexibility index (Phi) is 7.74. The second-order valence-electron chi connectivity index (χ2n) is 7.67. The quantitative estimate of drug-likeness (QED) is 0.804. The fourth-order valence-electron chi connectivity index (χ4n) is 4.44. The second-order valence-corrected chi connectivity index (χ2v) is 7.67. The van der Waals surface area contributed by atoms with Gasteiger partial charge in [0.15, 0.2) is 0 Å². The molecule has 28 heavy (non-hydrogen) atoms. The molecule has 2 aliphatic rings. The number of benzene rings is 2. The summed E-state index contributed by atoms with van der Waals surface area (Å²) in [5.41, 5.74) is 5.70. The van der Waals surface area contributed by atoms with E-state index >= 15 is 0 Å². The number of β-amino-alcohol motifs (C(OH)–C–C–N with tert-alkyl or cyclic N) is 1. The summed E-state index contributed by atoms with van der Waals surface area (Å²) in [4.78, 5) is 7.47. The SMILES string of the molecule is Cl.OCCN1CCN(CCCN2c3ccccc3CCc3ccccc32)CC1. The lowest BCUT2D eigenvalue weighted by molar-refractivity contribution is 0.112. The van der Waals surface area contributed by atoms with Crippen molar-refractivity contribution in [1.29, 1.82) is 0 Å². The average Bonchev–Trinajstić information content (AvgIpc) is 2.87. The van der Waals surface area contributed by atoms with Crippen LogP contribution in [0.2, 0.25) is 0 Å². The summed E-state index contributed by atoms with van der Waals surface area (Å²) in [5, 5.41) is 9.09. The van der Waals surface area contributed by atoms with Gasteiger partial charge in [-0.15, -0.1) is 12.4 Å². The number of aryl methyl sites for hydroxylation is 2. The first-order valence-electron chi connectivity index (χ1n) is 10.3. The summed E-state index contributed by atoms with van der Waals surface area (Å²) in [7, 11) is 0. The summed E-state index contributed by atoms with van der Waals surface area (Å²) in [5.74, 6) is 0. The summed E-state index contributed by atoms with van der Waals surface area (Å²) in [6.07, 6.45) is 3.41. The van der Waals surface area contributed by atoms with E-state index in [0.29, 0.717) is 0 Å². The standard InChI is InChI=1S/C23H31N3O.ClH/c27-19-18-25-16-14-24(15-17-25)12-5-13-26-22-8-3-1-6-20(22)10-11-21-7-2-4-9-23(21)26;/h1-4,6-9,27H,5,10-19H2;1H. The molecule has 0 atom stereocenters. The Bertz CT molecular complexity index is 699. The molecule has 1 saturated heterocycles. The van der Waals surface area contributed by atoms with Crippen molar-refractivity contribution in [3.05, 3.63) is 59.7 Å². The van der Waals surface area contributed by atoms with Gasteiger partial charge in [-0.1, -0.05) is 36.4 Å². The summed E-state index contributed by atoms with van der Waals surface area (Å²) < 4.78 is 0. The van der Waals surface area contributed by atoms with E-state index in [2.05, 4.69) is 63.2 Å². The Hall–Kier alpha value is -1.59. The van der Waals surface area contributed by atoms with E-state index in [0.717, 1.165) is 58.7 Å². The Morgan fingerprint density at radius 3 is 1.71 bits per heavy atom. The van der Waals surface area contributed by atoms with E-state index in [4.69, 9.17) is 5.11 Å². The zero-order valence-electron chi connectivity index (χ0n) is 16.6. The van der Waals surface area contributed by atoms with Gasteiger partial charge >= 0.3 is 0 Å². The molecule has 1 fully saturated rings. The number of halogens is 1. The Morgan fingerprint density at radius 1 is 0.679 bits per heavy atom. The lowest BCUT2D eigenvalue weighted by atomic mass is 10.0. The third-order valence-electron chi connectivity index (χ3n) is 5.97. The molecule has 0 saturated carbocycles. The van der Waals surface area contributed by atoms with Crippen molar-refractivity contribution in [1.82, 2.24) is 9.80 Å². The number of hydrogen-bond acceptors (Lipinski definition) is 4. The van der Waals surface area contributed by atoms with Gasteiger partial charge in [-0.2, -0.15) is 0 Å². The van der Waals surface area contributed by atoms with E-state index in [1.807, 2.05) is 0 Å². The molecule has 0 unspecified atom stereocenters. The second kappa shape index (κ2) is 10.3. The molecule has 0 spiro atoms. The van der Waals surface area contributed by atoms with Crippen LogP contribution >= 0.6 is 12.4 Å². The Balaban J connectivity index is 0.00000225. The highest BCUT2D eigenvalue weighted by Crippen LogP contribution is 2.35. The molecule has 152 valence electrons. The minimum atomic E-state index is 0. The smallest absolute Gasteiger partial charge is 0.0558 e. The number of rotatable bonds is 6. The first-order chi connectivity index (χ1) is 13.3. The zero-order valence-corrected chi connectivity index (χ0v) is 17.4. The minimum absolute atomic E-state index is 0. The molecule has 0 aliphatic carbocycles. The topological polar surface area (TPSA) is 30.0 Å². The maximum absolute atomic E-state index is 9.09. The number of hydrogen-bond donors (Lipinski definition) is 1. The van der Waals surface area contributed by atoms with Crippen LogP contribution in [0, 0.1) is 0 Å². The molecule has 4 rings (SSSR count). The van der Waals surface area contributed by atoms with Crippen LogP contribution in [-0.4, -0.2) is 67.3 Å². The Labute approximate surface area is 175 Å². The van der Waals surface area contributed by atoms with Crippen molar-refractivity contribution >= 4 is 23.8 Å². The normalized spacial score (nSPS) is 17.4. The molecular weight excluding hydrogens is 370 g/mol. The molecule has 4 nitrogen and oxygen atoms in total. The van der Waals surface area contributed by atoms with Crippen molar-refractivity contribution in [2.45, 2.75) is 19.3 Å². The molecule has 0 bridgehead atoms. The van der Waals surface area contributed by atoms with Gasteiger partial charge in [0.2, 0.25) is 0 Å². The van der Waals surface area contributed by atoms with Crippen LogP contribution in [0.15, 0.2) is 48.5 Å². The number of nitrogens with zero attached hydrogens (tertiary/aromatic N) is 3. The number of piperazine rings is 1. The van der Waals surface area contributed by atoms with Gasteiger partial charge in [-0.25, -0.2) is 0 Å². The maximum Gasteiger partial charge on any atom is 0.0558 e. The average molecular weight is 402 g/mol. The molecule has 2 aliphatic heterocycles. The molecular formula is C23H32ClN3O. The minimum Gasteiger partial charge on any atom is -0.395 e. The van der Waals surface area contributed by atoms with Crippen LogP contribution in [0.4, 0.5) is 11.4 Å². The van der Waals surface area contributed by atoms with Gasteiger partial charge in [0.05, 0.1) is 6.61 Å². The van der Waals surface area contributed by atoms with E-state index in [1.54, 1.807) is 0 Å². The molecule has 1 N–H and O–H groups in total. The number of fused-ring (bicyclic) bond motifs is 2. The molecule has 2 heterocycles. The maximum atomic E-state index is 9.09. The largest absolute Gasteiger partial charge is 0.395 e. The van der Waals surface area contributed by atoms with Gasteiger partial charge in [0, 0.05) is 50.6 Å². The van der Waals surface area contributed by atoms with Crippen LogP contribution in [0.3, 0.4) is 0 Å². The number of para-hydroxylation sites is 2. The van der Waals surface area contributed by atoms with Crippen LogP contribution in [0.5, 0.6) is 0 Å². The number of anilines is 2. The number of aliphatic hydroxyl groups is 1. The van der Waals surface area contributed by atoms with E-state index in [1.165, 1.54) is 28.9 Å². The van der Waals surface area contributed by atoms with Crippen LogP contribution in [0.25, 0.3) is 0 Å². The molecule has 2 aromatic carbocycles. The molecule has 2 aromatic rings. The summed E-state index contributed by atoms with van der Waals surface area (Å²) >= 11 is 0. The number of aliphatic hydroxyl groups excluding tert-OH is 1. The fourth-order valence-corrected chi connectivity index (χ4v) is 4.44. The van der Waals surface area contributed by atoms with Crippen LogP contribution in [0.1, 0.15) is 17.5 Å². The predicted octanol–water partition coefficient (Wildman–Crippen LogP) is 3.35. The fraction of sp³-hybridized carbons (Fsp3) is 0.478. The van der Waals surface area contributed by atoms with E-state index in [-0.39, 0.29) is 19.0 Å². The van der Waals surface area contributed by atoms with Gasteiger partial charge in [0.1, 0.15) is 0 Å². The van der Waals surface area contributed by atoms with Crippen LogP contribution in [-0.2, 0) is 12.8 Å². The van der Waals surface area contributed by atoms with Gasteiger partial charge < -0.3 is 14.9 Å². The summed E-state index contributed by atoms with van der Waals surface area (Å²) in [6.45, 7) is 7.69. The predicted molar refractivity (Wildman–Crippen MR) is 119 cm³/mol. The molecule has 0 amide bonds. The third kappa shape index (κ3) is 4.87. The molecule has 0 radical (unpaired) electrons. The van der Waals surface area contributed by atoms with Crippen LogP contribution < -0.4 is 4.90 Å². The highest BCUT2D eigenvalue weighted by molar-refractivity contribution is 5.85. The summed E-state index contributed by atoms with van der Waals surface area (Å²) in [6, 6.07) is 17.8. The van der Waals surface area contributed by atoms with Crippen molar-refractivity contribution in [3.63, 3.8) is 0 Å². The van der Waals surface area contributed by atoms with Gasteiger partial charge in [-0.3, -0.25) is 4.90 Å². The zero-order chi connectivity index (χ0) is 18.5. The first kappa shape index (κ1) is 21.1. The van der Waals surface area contributed by atoms with E-state index < -0.39 is 0 Å². The van der Waals surface area contributed by atoms with E-state index in [9.17, 15) is 0 Å². The lowest BCUT2D eigenvalue weighted by Gasteiger charge is -2.35. The third-order valence-corrected chi connectivity index (χ3v) is 5.97. The van der Waals surface area contributed by atoms with Crippen molar-refractivity contribution in [3.8, 4) is 0 Å². The Morgan fingerprint density at radius 2 is 1.18 bits per heavy atom. The molecule has 0 aromatic heterocycles. The van der Waals surface area contributed by atoms with Gasteiger partial charge in [-0.05, 0) is 49.1 Å². The monoisotopic (exact) mass is 401 g/mol. The first-order valence-corrected chi connectivity index (χ1v) is 10.3. The van der Waals surface area contributed by atoms with Crippen molar-refractivity contribution < 1.29 is 5.11 Å². The lowest BCUT2D eigenvalue weighted by Crippen LogP contribution is -2.47. The highest BCUT2D eigenvalue weighted by atomic mass is 35.5. The van der Waals surface area contributed by atoms with Crippen molar-refractivity contribution in [2.75, 3.05) is 57.3 Å². The highest BCUT2D eigenvalue weighted by Gasteiger charge is 2.21. The van der Waals surface area contributed by atoms with Crippen molar-refractivity contribution in [2.24, 2.45) is 0 Å².